The number of hydrogen-bond donors (Lipinski definition) is 1. The van der Waals surface area contributed by atoms with Gasteiger partial charge in [0.1, 0.15) is 5.75 Å². The molecule has 0 unspecified atom stereocenters. The Hall–Kier alpha value is -2.35. The van der Waals surface area contributed by atoms with Crippen LogP contribution in [0.5, 0.6) is 5.75 Å². The van der Waals surface area contributed by atoms with Gasteiger partial charge >= 0.3 is 0 Å². The van der Waals surface area contributed by atoms with Crippen molar-refractivity contribution in [3.8, 4) is 5.75 Å². The molecule has 0 saturated carbocycles. The fourth-order valence-corrected chi connectivity index (χ4v) is 1.78. The number of carbonyl (C=O) groups is 1. The zero-order valence-corrected chi connectivity index (χ0v) is 10.1. The van der Waals surface area contributed by atoms with Crippen LogP contribution in [0, 0.1) is 6.92 Å². The summed E-state index contributed by atoms with van der Waals surface area (Å²) in [6, 6.07) is 13.4. The van der Waals surface area contributed by atoms with Crippen molar-refractivity contribution < 1.29 is 9.90 Å². The Bertz CT molecular complexity index is 584. The molecule has 0 spiro atoms. The maximum absolute atomic E-state index is 10.8. The number of aldehydes is 1. The highest BCUT2D eigenvalue weighted by atomic mass is 16.3. The number of hydrogen-bond acceptors (Lipinski definition) is 2. The van der Waals surface area contributed by atoms with E-state index >= 15 is 0 Å². The minimum Gasteiger partial charge on any atom is -0.507 e. The van der Waals surface area contributed by atoms with Crippen LogP contribution in [-0.4, -0.2) is 11.4 Å². The predicted octanol–water partition coefficient (Wildman–Crippen LogP) is 3.68. The van der Waals surface area contributed by atoms with Gasteiger partial charge in [-0.3, -0.25) is 4.79 Å². The highest BCUT2D eigenvalue weighted by Gasteiger charge is 2.04. The van der Waals surface area contributed by atoms with E-state index in [0.717, 1.165) is 11.1 Å². The zero-order chi connectivity index (χ0) is 13.0. The van der Waals surface area contributed by atoms with Gasteiger partial charge in [0.2, 0.25) is 0 Å². The summed E-state index contributed by atoms with van der Waals surface area (Å²) in [5.41, 5.74) is 3.02. The Kier molecular flexibility index (Phi) is 3.58. The maximum Gasteiger partial charge on any atom is 0.153 e. The standard InChI is InChI=1S/C16H14O2/c1-12-9-14(10-15(11-17)16(12)18)8-7-13-5-3-2-4-6-13/h2-11,18H,1H3/b8-7+. The van der Waals surface area contributed by atoms with E-state index in [0.29, 0.717) is 17.4 Å². The van der Waals surface area contributed by atoms with E-state index in [9.17, 15) is 9.90 Å². The van der Waals surface area contributed by atoms with Gasteiger partial charge in [0.25, 0.3) is 0 Å². The molecule has 0 heterocycles. The molecule has 90 valence electrons. The molecule has 0 saturated heterocycles. The van der Waals surface area contributed by atoms with Gasteiger partial charge in [-0.1, -0.05) is 42.5 Å². The van der Waals surface area contributed by atoms with E-state index < -0.39 is 0 Å². The molecular formula is C16H14O2. The Balaban J connectivity index is 2.33. The van der Waals surface area contributed by atoms with E-state index in [1.54, 1.807) is 13.0 Å². The molecule has 0 aliphatic heterocycles. The first-order chi connectivity index (χ1) is 8.70. The van der Waals surface area contributed by atoms with Crippen LogP contribution in [0.25, 0.3) is 12.2 Å². The zero-order valence-electron chi connectivity index (χ0n) is 10.1. The molecule has 0 aromatic heterocycles. The third kappa shape index (κ3) is 2.66. The number of benzene rings is 2. The molecule has 18 heavy (non-hydrogen) atoms. The minimum absolute atomic E-state index is 0.0573. The topological polar surface area (TPSA) is 37.3 Å². The Morgan fingerprint density at radius 1 is 1.00 bits per heavy atom. The molecule has 0 radical (unpaired) electrons. The average Bonchev–Trinajstić information content (AvgIpc) is 2.41. The summed E-state index contributed by atoms with van der Waals surface area (Å²) >= 11 is 0. The summed E-state index contributed by atoms with van der Waals surface area (Å²) in [6.07, 6.45) is 4.57. The molecule has 0 amide bonds. The van der Waals surface area contributed by atoms with Crippen LogP contribution in [0.3, 0.4) is 0 Å². The molecule has 2 nitrogen and oxygen atoms in total. The first kappa shape index (κ1) is 12.1. The predicted molar refractivity (Wildman–Crippen MR) is 73.6 cm³/mol. The third-order valence-electron chi connectivity index (χ3n) is 2.75. The van der Waals surface area contributed by atoms with Gasteiger partial charge in [-0.15, -0.1) is 0 Å². The largest absolute Gasteiger partial charge is 0.507 e. The van der Waals surface area contributed by atoms with Crippen molar-refractivity contribution >= 4 is 18.4 Å². The van der Waals surface area contributed by atoms with Crippen LogP contribution < -0.4 is 0 Å². The van der Waals surface area contributed by atoms with Crippen LogP contribution in [0.1, 0.15) is 27.0 Å². The molecule has 2 aromatic rings. The number of aryl methyl sites for hydroxylation is 1. The van der Waals surface area contributed by atoms with Crippen molar-refractivity contribution in [3.63, 3.8) is 0 Å². The number of carbonyl (C=O) groups excluding carboxylic acids is 1. The van der Waals surface area contributed by atoms with Crippen LogP contribution in [0.15, 0.2) is 42.5 Å². The number of phenolic OH excluding ortho intramolecular Hbond substituents is 1. The lowest BCUT2D eigenvalue weighted by molar-refractivity contribution is 0.112. The van der Waals surface area contributed by atoms with E-state index in [1.807, 2.05) is 48.6 Å². The first-order valence-electron chi connectivity index (χ1n) is 5.72. The summed E-state index contributed by atoms with van der Waals surface area (Å²) < 4.78 is 0. The highest BCUT2D eigenvalue weighted by molar-refractivity contribution is 5.83. The van der Waals surface area contributed by atoms with E-state index in [2.05, 4.69) is 0 Å². The van der Waals surface area contributed by atoms with Gasteiger partial charge in [0, 0.05) is 0 Å². The molecule has 0 bridgehead atoms. The van der Waals surface area contributed by atoms with Crippen LogP contribution in [0.2, 0.25) is 0 Å². The molecule has 1 N–H and O–H groups in total. The molecular weight excluding hydrogens is 224 g/mol. The molecule has 0 aliphatic carbocycles. The third-order valence-corrected chi connectivity index (χ3v) is 2.75. The maximum atomic E-state index is 10.8. The number of phenols is 1. The smallest absolute Gasteiger partial charge is 0.153 e. The lowest BCUT2D eigenvalue weighted by Crippen LogP contribution is -1.87. The fraction of sp³-hybridized carbons (Fsp3) is 0.0625. The monoisotopic (exact) mass is 238 g/mol. The molecule has 2 rings (SSSR count). The second kappa shape index (κ2) is 5.32. The Morgan fingerprint density at radius 3 is 2.33 bits per heavy atom. The van der Waals surface area contributed by atoms with Crippen molar-refractivity contribution in [2.45, 2.75) is 6.92 Å². The highest BCUT2D eigenvalue weighted by Crippen LogP contribution is 2.23. The van der Waals surface area contributed by atoms with Crippen LogP contribution in [0.4, 0.5) is 0 Å². The average molecular weight is 238 g/mol. The SMILES string of the molecule is Cc1cc(/C=C/c2ccccc2)cc(C=O)c1O. The molecule has 2 aromatic carbocycles. The Labute approximate surface area is 106 Å². The lowest BCUT2D eigenvalue weighted by Gasteiger charge is -2.03. The second-order valence-electron chi connectivity index (χ2n) is 4.14. The fourth-order valence-electron chi connectivity index (χ4n) is 1.78. The van der Waals surface area contributed by atoms with Crippen molar-refractivity contribution in [2.24, 2.45) is 0 Å². The quantitative estimate of drug-likeness (QED) is 0.654. The van der Waals surface area contributed by atoms with Crippen molar-refractivity contribution in [1.82, 2.24) is 0 Å². The normalized spacial score (nSPS) is 10.7. The van der Waals surface area contributed by atoms with Gasteiger partial charge in [0.05, 0.1) is 5.56 Å². The number of rotatable bonds is 3. The van der Waals surface area contributed by atoms with E-state index in [-0.39, 0.29) is 5.75 Å². The summed E-state index contributed by atoms with van der Waals surface area (Å²) in [7, 11) is 0. The first-order valence-corrected chi connectivity index (χ1v) is 5.72. The second-order valence-corrected chi connectivity index (χ2v) is 4.14. The van der Waals surface area contributed by atoms with Gasteiger partial charge in [-0.25, -0.2) is 0 Å². The summed E-state index contributed by atoms with van der Waals surface area (Å²) in [5.74, 6) is 0.0573. The van der Waals surface area contributed by atoms with Crippen molar-refractivity contribution in [2.75, 3.05) is 0 Å². The van der Waals surface area contributed by atoms with Gasteiger partial charge < -0.3 is 5.11 Å². The lowest BCUT2D eigenvalue weighted by atomic mass is 10.0. The summed E-state index contributed by atoms with van der Waals surface area (Å²) in [6.45, 7) is 1.78. The van der Waals surface area contributed by atoms with Crippen molar-refractivity contribution in [3.05, 3.63) is 64.7 Å². The summed E-state index contributed by atoms with van der Waals surface area (Å²) in [5, 5.41) is 9.65. The minimum atomic E-state index is 0.0573. The molecule has 0 aliphatic rings. The van der Waals surface area contributed by atoms with Gasteiger partial charge in [0.15, 0.2) is 6.29 Å². The van der Waals surface area contributed by atoms with Crippen LogP contribution >= 0.6 is 0 Å². The van der Waals surface area contributed by atoms with E-state index in [4.69, 9.17) is 0 Å². The summed E-state index contributed by atoms with van der Waals surface area (Å²) in [4.78, 5) is 10.8. The van der Waals surface area contributed by atoms with Gasteiger partial charge in [-0.05, 0) is 35.7 Å². The Morgan fingerprint density at radius 2 is 1.67 bits per heavy atom. The molecule has 0 fully saturated rings. The van der Waals surface area contributed by atoms with Crippen LogP contribution in [-0.2, 0) is 0 Å². The number of aromatic hydroxyl groups is 1. The molecule has 0 atom stereocenters. The van der Waals surface area contributed by atoms with E-state index in [1.165, 1.54) is 0 Å². The van der Waals surface area contributed by atoms with Gasteiger partial charge in [-0.2, -0.15) is 0 Å². The van der Waals surface area contributed by atoms with Crippen molar-refractivity contribution in [1.29, 1.82) is 0 Å². The molecule has 2 heteroatoms.